The van der Waals surface area contributed by atoms with E-state index >= 15 is 0 Å². The van der Waals surface area contributed by atoms with Gasteiger partial charge in [-0.1, -0.05) is 12.7 Å². The maximum absolute atomic E-state index is 12.7. The van der Waals surface area contributed by atoms with Crippen LogP contribution in [0.5, 0.6) is 0 Å². The normalized spacial score (nSPS) is 22.0. The molecule has 94 valence electrons. The van der Waals surface area contributed by atoms with Crippen molar-refractivity contribution in [3.8, 4) is 0 Å². The van der Waals surface area contributed by atoms with Crippen molar-refractivity contribution < 1.29 is 4.39 Å². The van der Waals surface area contributed by atoms with Crippen LogP contribution in [-0.2, 0) is 0 Å². The van der Waals surface area contributed by atoms with Gasteiger partial charge in [0.05, 0.1) is 0 Å². The van der Waals surface area contributed by atoms with Gasteiger partial charge in [0.25, 0.3) is 0 Å². The third kappa shape index (κ3) is 2.97. The average Bonchev–Trinajstić information content (AvgIpc) is 2.24. The molecule has 1 saturated heterocycles. The molecule has 2 aliphatic rings. The molecule has 3 heteroatoms. The Morgan fingerprint density at radius 1 is 1.41 bits per heavy atom. The van der Waals surface area contributed by atoms with Gasteiger partial charge in [0.2, 0.25) is 0 Å². The first kappa shape index (κ1) is 12.4. The molecule has 0 unspecified atom stereocenters. The summed E-state index contributed by atoms with van der Waals surface area (Å²) in [6.45, 7) is 10.5. The molecule has 0 spiro atoms. The molecule has 0 aromatic carbocycles. The van der Waals surface area contributed by atoms with Crippen molar-refractivity contribution in [1.82, 2.24) is 9.80 Å². The molecule has 0 saturated carbocycles. The first-order chi connectivity index (χ1) is 8.06. The highest BCUT2D eigenvalue weighted by molar-refractivity contribution is 5.33. The van der Waals surface area contributed by atoms with Crippen LogP contribution in [0.3, 0.4) is 0 Å². The maximum atomic E-state index is 12.7. The predicted molar refractivity (Wildman–Crippen MR) is 69.3 cm³/mol. The standard InChI is InChI=1S/C14H21FN2/c1-11(2)17-8-13(5-4-12(17)3)6-7-16-9-14(15)10-16/h4-5,8,11,14H,3,6-7,9-10H2,1-2H3. The largest absolute Gasteiger partial charge is 0.346 e. The van der Waals surface area contributed by atoms with Gasteiger partial charge in [0.15, 0.2) is 0 Å². The minimum Gasteiger partial charge on any atom is -0.346 e. The van der Waals surface area contributed by atoms with E-state index in [1.54, 1.807) is 0 Å². The summed E-state index contributed by atoms with van der Waals surface area (Å²) in [5.74, 6) is 0. The van der Waals surface area contributed by atoms with Crippen molar-refractivity contribution in [3.63, 3.8) is 0 Å². The van der Waals surface area contributed by atoms with E-state index in [0.29, 0.717) is 19.1 Å². The Morgan fingerprint density at radius 2 is 2.12 bits per heavy atom. The second kappa shape index (κ2) is 5.05. The minimum absolute atomic E-state index is 0.432. The number of rotatable bonds is 4. The van der Waals surface area contributed by atoms with Crippen molar-refractivity contribution in [2.45, 2.75) is 32.5 Å². The van der Waals surface area contributed by atoms with Gasteiger partial charge in [0, 0.05) is 37.6 Å². The van der Waals surface area contributed by atoms with Gasteiger partial charge in [0.1, 0.15) is 6.17 Å². The van der Waals surface area contributed by atoms with Crippen molar-refractivity contribution in [2.24, 2.45) is 0 Å². The van der Waals surface area contributed by atoms with Gasteiger partial charge in [-0.3, -0.25) is 4.90 Å². The summed E-state index contributed by atoms with van der Waals surface area (Å²) in [5.41, 5.74) is 2.34. The quantitative estimate of drug-likeness (QED) is 0.740. The summed E-state index contributed by atoms with van der Waals surface area (Å²) in [7, 11) is 0. The van der Waals surface area contributed by atoms with Gasteiger partial charge in [-0.05, 0) is 31.9 Å². The van der Waals surface area contributed by atoms with E-state index in [1.807, 2.05) is 0 Å². The highest BCUT2D eigenvalue weighted by atomic mass is 19.1. The van der Waals surface area contributed by atoms with Gasteiger partial charge in [-0.25, -0.2) is 4.39 Å². The number of likely N-dealkylation sites (tertiary alicyclic amines) is 1. The minimum atomic E-state index is -0.599. The van der Waals surface area contributed by atoms with E-state index < -0.39 is 6.17 Å². The number of allylic oxidation sites excluding steroid dienone is 2. The molecule has 0 aromatic rings. The zero-order chi connectivity index (χ0) is 12.4. The Labute approximate surface area is 103 Å². The zero-order valence-corrected chi connectivity index (χ0v) is 10.7. The lowest BCUT2D eigenvalue weighted by molar-refractivity contribution is 0.0671. The molecule has 17 heavy (non-hydrogen) atoms. The van der Waals surface area contributed by atoms with Crippen LogP contribution in [0.4, 0.5) is 4.39 Å². The Kier molecular flexibility index (Phi) is 3.67. The molecule has 1 fully saturated rings. The first-order valence-corrected chi connectivity index (χ1v) is 6.28. The van der Waals surface area contributed by atoms with E-state index in [1.165, 1.54) is 5.57 Å². The van der Waals surface area contributed by atoms with Crippen LogP contribution in [0.2, 0.25) is 0 Å². The number of hydrogen-bond donors (Lipinski definition) is 0. The van der Waals surface area contributed by atoms with E-state index in [0.717, 1.165) is 18.7 Å². The average molecular weight is 236 g/mol. The molecule has 2 aliphatic heterocycles. The second-order valence-corrected chi connectivity index (χ2v) is 5.14. The van der Waals surface area contributed by atoms with Crippen LogP contribution >= 0.6 is 0 Å². The molecule has 2 nitrogen and oxygen atoms in total. The highest BCUT2D eigenvalue weighted by Crippen LogP contribution is 2.21. The van der Waals surface area contributed by atoms with Crippen molar-refractivity contribution >= 4 is 0 Å². The van der Waals surface area contributed by atoms with Crippen LogP contribution in [0, 0.1) is 0 Å². The van der Waals surface area contributed by atoms with Crippen LogP contribution in [0.25, 0.3) is 0 Å². The number of halogens is 1. The molecule has 0 N–H and O–H groups in total. The first-order valence-electron chi connectivity index (χ1n) is 6.28. The van der Waals surface area contributed by atoms with E-state index in [-0.39, 0.29) is 0 Å². The Morgan fingerprint density at radius 3 is 2.71 bits per heavy atom. The van der Waals surface area contributed by atoms with Crippen molar-refractivity contribution in [1.29, 1.82) is 0 Å². The topological polar surface area (TPSA) is 6.48 Å². The number of nitrogens with zero attached hydrogens (tertiary/aromatic N) is 2. The van der Waals surface area contributed by atoms with E-state index in [2.05, 4.69) is 48.6 Å². The monoisotopic (exact) mass is 236 g/mol. The molecule has 0 radical (unpaired) electrons. The fraction of sp³-hybridized carbons (Fsp3) is 0.571. The number of hydrogen-bond acceptors (Lipinski definition) is 2. The molecule has 2 heterocycles. The summed E-state index contributed by atoms with van der Waals surface area (Å²) >= 11 is 0. The molecular formula is C14H21FN2. The van der Waals surface area contributed by atoms with Gasteiger partial charge in [-0.15, -0.1) is 0 Å². The molecular weight excluding hydrogens is 215 g/mol. The summed E-state index contributed by atoms with van der Waals surface area (Å²) in [4.78, 5) is 4.34. The van der Waals surface area contributed by atoms with Crippen molar-refractivity contribution in [3.05, 3.63) is 36.2 Å². The summed E-state index contributed by atoms with van der Waals surface area (Å²) in [6.07, 6.45) is 6.73. The van der Waals surface area contributed by atoms with Crippen LogP contribution < -0.4 is 0 Å². The SMILES string of the molecule is C=C1C=CC(CCN2CC(F)C2)=CN1C(C)C. The Hall–Kier alpha value is -1.09. The lowest BCUT2D eigenvalue weighted by Gasteiger charge is -2.35. The van der Waals surface area contributed by atoms with Gasteiger partial charge < -0.3 is 4.90 Å². The van der Waals surface area contributed by atoms with Crippen LogP contribution in [0.1, 0.15) is 20.3 Å². The van der Waals surface area contributed by atoms with Crippen molar-refractivity contribution in [2.75, 3.05) is 19.6 Å². The lowest BCUT2D eigenvalue weighted by atomic mass is 10.1. The lowest BCUT2D eigenvalue weighted by Crippen LogP contribution is -2.48. The Bertz CT molecular complexity index is 351. The summed E-state index contributed by atoms with van der Waals surface area (Å²) < 4.78 is 12.7. The Balaban J connectivity index is 1.86. The molecule has 0 aromatic heterocycles. The van der Waals surface area contributed by atoms with E-state index in [9.17, 15) is 4.39 Å². The number of alkyl halides is 1. The van der Waals surface area contributed by atoms with Crippen LogP contribution in [0.15, 0.2) is 36.2 Å². The molecule has 0 atom stereocenters. The van der Waals surface area contributed by atoms with Crippen LogP contribution in [-0.4, -0.2) is 41.6 Å². The second-order valence-electron chi connectivity index (χ2n) is 5.14. The predicted octanol–water partition coefficient (Wildman–Crippen LogP) is 2.71. The summed E-state index contributed by atoms with van der Waals surface area (Å²) in [5, 5.41) is 0. The third-order valence-corrected chi connectivity index (χ3v) is 3.31. The van der Waals surface area contributed by atoms with Gasteiger partial charge >= 0.3 is 0 Å². The molecule has 0 bridgehead atoms. The highest BCUT2D eigenvalue weighted by Gasteiger charge is 2.25. The van der Waals surface area contributed by atoms with E-state index in [4.69, 9.17) is 0 Å². The van der Waals surface area contributed by atoms with Gasteiger partial charge in [-0.2, -0.15) is 0 Å². The maximum Gasteiger partial charge on any atom is 0.125 e. The fourth-order valence-corrected chi connectivity index (χ4v) is 2.20. The smallest absolute Gasteiger partial charge is 0.125 e. The zero-order valence-electron chi connectivity index (χ0n) is 10.7. The summed E-state index contributed by atoms with van der Waals surface area (Å²) in [6, 6.07) is 0.432. The molecule has 0 amide bonds. The third-order valence-electron chi connectivity index (χ3n) is 3.31. The molecule has 2 rings (SSSR count). The molecule has 0 aliphatic carbocycles. The fourth-order valence-electron chi connectivity index (χ4n) is 2.20.